The Morgan fingerprint density at radius 2 is 2.00 bits per heavy atom. The monoisotopic (exact) mass is 250 g/mol. The average Bonchev–Trinajstić information content (AvgIpc) is 2.26. The van der Waals surface area contributed by atoms with E-state index in [1.54, 1.807) is 18.9 Å². The molecule has 18 heavy (non-hydrogen) atoms. The van der Waals surface area contributed by atoms with Crippen molar-refractivity contribution in [2.75, 3.05) is 7.05 Å². The van der Waals surface area contributed by atoms with Crippen molar-refractivity contribution >= 4 is 5.91 Å². The average molecular weight is 250 g/mol. The number of hydrogen-bond donors (Lipinski definition) is 1. The number of nitrogens with zero attached hydrogens (tertiary/aromatic N) is 1. The molecule has 0 saturated heterocycles. The number of rotatable bonds is 4. The lowest BCUT2D eigenvalue weighted by Gasteiger charge is -2.26. The first-order chi connectivity index (χ1) is 8.32. The van der Waals surface area contributed by atoms with Gasteiger partial charge in [0.05, 0.1) is 0 Å². The van der Waals surface area contributed by atoms with Crippen molar-refractivity contribution in [3.8, 4) is 0 Å². The number of carbonyl (C=O) groups is 1. The molecular weight excluding hydrogens is 228 g/mol. The van der Waals surface area contributed by atoms with Crippen molar-refractivity contribution in [2.45, 2.75) is 40.2 Å². The predicted molar refractivity (Wildman–Crippen MR) is 72.8 cm³/mol. The predicted octanol–water partition coefficient (Wildman–Crippen LogP) is 2.19. The van der Waals surface area contributed by atoms with Gasteiger partial charge in [-0.2, -0.15) is 0 Å². The van der Waals surface area contributed by atoms with Gasteiger partial charge >= 0.3 is 0 Å². The maximum Gasteiger partial charge on any atom is 0.259 e. The zero-order valence-corrected chi connectivity index (χ0v) is 11.8. The molecule has 1 aromatic heterocycles. The number of aryl methyl sites for hydroxylation is 1. The summed E-state index contributed by atoms with van der Waals surface area (Å²) in [4.78, 5) is 28.5. The van der Waals surface area contributed by atoms with E-state index in [2.05, 4.69) is 18.8 Å². The van der Waals surface area contributed by atoms with Crippen LogP contribution in [0.1, 0.15) is 43.2 Å². The van der Waals surface area contributed by atoms with Crippen molar-refractivity contribution in [2.24, 2.45) is 5.92 Å². The molecule has 4 nitrogen and oxygen atoms in total. The molecule has 0 radical (unpaired) electrons. The minimum Gasteiger partial charge on any atom is -0.364 e. The summed E-state index contributed by atoms with van der Waals surface area (Å²) < 4.78 is 0. The number of aromatic nitrogens is 1. The molecule has 1 atom stereocenters. The Morgan fingerprint density at radius 1 is 1.39 bits per heavy atom. The molecule has 1 aromatic rings. The topological polar surface area (TPSA) is 53.2 Å². The normalized spacial score (nSPS) is 12.6. The fraction of sp³-hybridized carbons (Fsp3) is 0.571. The van der Waals surface area contributed by atoms with Crippen molar-refractivity contribution in [3.63, 3.8) is 0 Å². The Bertz CT molecular complexity index is 477. The van der Waals surface area contributed by atoms with Crippen molar-refractivity contribution in [3.05, 3.63) is 33.7 Å². The highest BCUT2D eigenvalue weighted by atomic mass is 16.2. The van der Waals surface area contributed by atoms with Crippen LogP contribution in [0.15, 0.2) is 17.1 Å². The number of carbonyl (C=O) groups excluding carboxylic acids is 1. The molecule has 0 aliphatic rings. The second-order valence-electron chi connectivity index (χ2n) is 5.29. The number of aromatic amines is 1. The van der Waals surface area contributed by atoms with E-state index in [0.717, 1.165) is 12.1 Å². The maximum absolute atomic E-state index is 12.2. The van der Waals surface area contributed by atoms with Crippen LogP contribution < -0.4 is 5.43 Å². The Morgan fingerprint density at radius 3 is 2.50 bits per heavy atom. The summed E-state index contributed by atoms with van der Waals surface area (Å²) in [5.41, 5.74) is 0.744. The molecule has 1 heterocycles. The number of nitrogens with one attached hydrogen (secondary N) is 1. The zero-order chi connectivity index (χ0) is 13.9. The van der Waals surface area contributed by atoms with Crippen LogP contribution in [0.5, 0.6) is 0 Å². The van der Waals surface area contributed by atoms with E-state index in [-0.39, 0.29) is 22.9 Å². The Balaban J connectivity index is 2.90. The quantitative estimate of drug-likeness (QED) is 0.890. The Labute approximate surface area is 108 Å². The van der Waals surface area contributed by atoms with Gasteiger partial charge < -0.3 is 9.88 Å². The van der Waals surface area contributed by atoms with Gasteiger partial charge in [0, 0.05) is 31.0 Å². The smallest absolute Gasteiger partial charge is 0.259 e. The van der Waals surface area contributed by atoms with Gasteiger partial charge in [0.15, 0.2) is 5.43 Å². The summed E-state index contributed by atoms with van der Waals surface area (Å²) in [7, 11) is 1.74. The summed E-state index contributed by atoms with van der Waals surface area (Å²) in [6.07, 6.45) is 2.42. The lowest BCUT2D eigenvalue weighted by Crippen LogP contribution is -2.38. The van der Waals surface area contributed by atoms with Crippen molar-refractivity contribution < 1.29 is 4.79 Å². The molecule has 0 aliphatic carbocycles. The van der Waals surface area contributed by atoms with E-state index in [4.69, 9.17) is 0 Å². The molecule has 1 rings (SSSR count). The number of hydrogen-bond acceptors (Lipinski definition) is 2. The van der Waals surface area contributed by atoms with E-state index in [1.165, 1.54) is 12.3 Å². The van der Waals surface area contributed by atoms with Crippen LogP contribution in [0.25, 0.3) is 0 Å². The lowest BCUT2D eigenvalue weighted by atomic mass is 10.0. The Hall–Kier alpha value is -1.58. The standard InChI is InChI=1S/C14H22N2O2/c1-9(2)6-11(4)16(5)14(18)12-8-15-10(3)7-13(12)17/h7-9,11H,6H2,1-5H3,(H,15,17). The molecule has 4 heteroatoms. The third-order valence-corrected chi connectivity index (χ3v) is 3.08. The summed E-state index contributed by atoms with van der Waals surface area (Å²) in [5, 5.41) is 0. The first kappa shape index (κ1) is 14.5. The van der Waals surface area contributed by atoms with Crippen LogP contribution in [-0.2, 0) is 0 Å². The summed E-state index contributed by atoms with van der Waals surface area (Å²) >= 11 is 0. The molecule has 0 fully saturated rings. The van der Waals surface area contributed by atoms with Crippen molar-refractivity contribution in [1.29, 1.82) is 0 Å². The first-order valence-electron chi connectivity index (χ1n) is 6.29. The van der Waals surface area contributed by atoms with Gasteiger partial charge in [-0.15, -0.1) is 0 Å². The number of amides is 1. The van der Waals surface area contributed by atoms with Crippen LogP contribution >= 0.6 is 0 Å². The zero-order valence-electron chi connectivity index (χ0n) is 11.8. The second kappa shape index (κ2) is 5.85. The van der Waals surface area contributed by atoms with E-state index >= 15 is 0 Å². The maximum atomic E-state index is 12.2. The van der Waals surface area contributed by atoms with Gasteiger partial charge in [-0.3, -0.25) is 9.59 Å². The SMILES string of the molecule is Cc1cc(=O)c(C(=O)N(C)C(C)CC(C)C)c[nH]1. The van der Waals surface area contributed by atoms with Gasteiger partial charge in [0.1, 0.15) is 5.56 Å². The fourth-order valence-corrected chi connectivity index (χ4v) is 1.97. The van der Waals surface area contributed by atoms with Gasteiger partial charge in [-0.05, 0) is 26.2 Å². The van der Waals surface area contributed by atoms with Gasteiger partial charge in [0.25, 0.3) is 5.91 Å². The van der Waals surface area contributed by atoms with E-state index in [0.29, 0.717) is 5.92 Å². The van der Waals surface area contributed by atoms with E-state index < -0.39 is 0 Å². The fourth-order valence-electron chi connectivity index (χ4n) is 1.97. The molecule has 0 saturated carbocycles. The molecule has 0 bridgehead atoms. The summed E-state index contributed by atoms with van der Waals surface area (Å²) in [6, 6.07) is 1.58. The minimum absolute atomic E-state index is 0.123. The van der Waals surface area contributed by atoms with Gasteiger partial charge in [-0.25, -0.2) is 0 Å². The van der Waals surface area contributed by atoms with Crippen LogP contribution in [0.3, 0.4) is 0 Å². The lowest BCUT2D eigenvalue weighted by molar-refractivity contribution is 0.0726. The van der Waals surface area contributed by atoms with Gasteiger partial charge in [-0.1, -0.05) is 13.8 Å². The number of pyridine rings is 1. The molecule has 0 spiro atoms. The minimum atomic E-state index is -0.222. The third-order valence-electron chi connectivity index (χ3n) is 3.08. The summed E-state index contributed by atoms with van der Waals surface area (Å²) in [6.45, 7) is 8.03. The van der Waals surface area contributed by atoms with E-state index in [1.807, 2.05) is 6.92 Å². The highest BCUT2D eigenvalue weighted by molar-refractivity contribution is 5.93. The number of H-pyrrole nitrogens is 1. The largest absolute Gasteiger partial charge is 0.364 e. The molecule has 100 valence electrons. The van der Waals surface area contributed by atoms with Crippen LogP contribution in [0.4, 0.5) is 0 Å². The summed E-state index contributed by atoms with van der Waals surface area (Å²) in [5.74, 6) is 0.302. The molecule has 0 aromatic carbocycles. The first-order valence-corrected chi connectivity index (χ1v) is 6.29. The molecular formula is C14H22N2O2. The van der Waals surface area contributed by atoms with Gasteiger partial charge in [0.2, 0.25) is 0 Å². The van der Waals surface area contributed by atoms with Crippen molar-refractivity contribution in [1.82, 2.24) is 9.88 Å². The second-order valence-corrected chi connectivity index (χ2v) is 5.29. The molecule has 1 N–H and O–H groups in total. The van der Waals surface area contributed by atoms with E-state index in [9.17, 15) is 9.59 Å². The molecule has 1 amide bonds. The third kappa shape index (κ3) is 3.45. The molecule has 1 unspecified atom stereocenters. The van der Waals surface area contributed by atoms with Crippen LogP contribution in [-0.4, -0.2) is 28.9 Å². The molecule has 0 aliphatic heterocycles. The highest BCUT2D eigenvalue weighted by Gasteiger charge is 2.20. The van der Waals surface area contributed by atoms with Crippen LogP contribution in [0.2, 0.25) is 0 Å². The van der Waals surface area contributed by atoms with Crippen LogP contribution in [0, 0.1) is 12.8 Å². The Kier molecular flexibility index (Phi) is 4.70. The highest BCUT2D eigenvalue weighted by Crippen LogP contribution is 2.11.